The number of aromatic amines is 1. The first-order valence-corrected chi connectivity index (χ1v) is 10.6. The van der Waals surface area contributed by atoms with E-state index in [0.29, 0.717) is 23.3 Å². The lowest BCUT2D eigenvalue weighted by molar-refractivity contribution is 0.286. The number of rotatable bonds is 3. The van der Waals surface area contributed by atoms with E-state index in [0.717, 1.165) is 53.4 Å². The van der Waals surface area contributed by atoms with Crippen LogP contribution in [0.4, 0.5) is 4.39 Å². The van der Waals surface area contributed by atoms with E-state index in [-0.39, 0.29) is 5.82 Å². The minimum absolute atomic E-state index is 0.205. The third-order valence-electron chi connectivity index (χ3n) is 6.72. The van der Waals surface area contributed by atoms with Crippen molar-refractivity contribution in [3.05, 3.63) is 71.4 Å². The van der Waals surface area contributed by atoms with Crippen molar-refractivity contribution in [1.82, 2.24) is 15.0 Å². The third kappa shape index (κ3) is 3.33. The van der Waals surface area contributed by atoms with Crippen LogP contribution in [0.2, 0.25) is 0 Å². The first-order chi connectivity index (χ1) is 14.6. The molecule has 1 aliphatic carbocycles. The summed E-state index contributed by atoms with van der Waals surface area (Å²) >= 11 is 0. The summed E-state index contributed by atoms with van der Waals surface area (Å²) in [7, 11) is 0. The molecular formula is C25H23FN4. The molecule has 150 valence electrons. The Morgan fingerprint density at radius 3 is 2.70 bits per heavy atom. The molecule has 5 rings (SSSR count). The van der Waals surface area contributed by atoms with Crippen LogP contribution in [0.1, 0.15) is 61.4 Å². The minimum atomic E-state index is -0.205. The lowest BCUT2D eigenvalue weighted by atomic mass is 9.73. The van der Waals surface area contributed by atoms with Gasteiger partial charge in [-0.2, -0.15) is 5.26 Å². The summed E-state index contributed by atoms with van der Waals surface area (Å²) in [6, 6.07) is 14.7. The van der Waals surface area contributed by atoms with E-state index in [1.807, 2.05) is 24.4 Å². The van der Waals surface area contributed by atoms with Crippen molar-refractivity contribution in [3.8, 4) is 6.07 Å². The topological polar surface area (TPSA) is 65.4 Å². The molecule has 2 heterocycles. The van der Waals surface area contributed by atoms with Gasteiger partial charge in [0, 0.05) is 17.5 Å². The zero-order chi connectivity index (χ0) is 20.7. The van der Waals surface area contributed by atoms with Crippen LogP contribution < -0.4 is 0 Å². The Bertz CT molecular complexity index is 1260. The molecule has 1 N–H and O–H groups in total. The molecule has 1 atom stereocenters. The average molecular weight is 398 g/mol. The molecule has 0 amide bonds. The number of H-pyrrole nitrogens is 1. The maximum absolute atomic E-state index is 13.8. The number of imidazole rings is 1. The number of fused-ring (bicyclic) bond motifs is 2. The Morgan fingerprint density at radius 2 is 1.90 bits per heavy atom. The summed E-state index contributed by atoms with van der Waals surface area (Å²) in [4.78, 5) is 12.6. The molecule has 5 heteroatoms. The van der Waals surface area contributed by atoms with Crippen molar-refractivity contribution in [2.75, 3.05) is 0 Å². The van der Waals surface area contributed by atoms with Gasteiger partial charge in [-0.1, -0.05) is 6.92 Å². The number of aromatic nitrogens is 3. The molecule has 0 saturated heterocycles. The lowest BCUT2D eigenvalue weighted by Crippen LogP contribution is -2.19. The quantitative estimate of drug-likeness (QED) is 0.447. The van der Waals surface area contributed by atoms with Crippen LogP contribution in [-0.2, 0) is 0 Å². The van der Waals surface area contributed by atoms with Gasteiger partial charge in [0.15, 0.2) is 0 Å². The van der Waals surface area contributed by atoms with Crippen molar-refractivity contribution >= 4 is 21.9 Å². The monoisotopic (exact) mass is 398 g/mol. The number of hydrogen-bond donors (Lipinski definition) is 1. The van der Waals surface area contributed by atoms with Crippen molar-refractivity contribution in [3.63, 3.8) is 0 Å². The largest absolute Gasteiger partial charge is 0.342 e. The van der Waals surface area contributed by atoms with Crippen LogP contribution in [0.3, 0.4) is 0 Å². The van der Waals surface area contributed by atoms with Gasteiger partial charge in [-0.3, -0.25) is 4.98 Å². The van der Waals surface area contributed by atoms with Crippen molar-refractivity contribution in [1.29, 1.82) is 5.26 Å². The minimum Gasteiger partial charge on any atom is -0.342 e. The van der Waals surface area contributed by atoms with Gasteiger partial charge >= 0.3 is 0 Å². The molecule has 0 radical (unpaired) electrons. The van der Waals surface area contributed by atoms with Gasteiger partial charge in [0.05, 0.1) is 28.2 Å². The first kappa shape index (κ1) is 18.7. The number of hydrogen-bond acceptors (Lipinski definition) is 3. The second-order valence-electron chi connectivity index (χ2n) is 8.43. The van der Waals surface area contributed by atoms with E-state index in [2.05, 4.69) is 29.0 Å². The molecule has 0 unspecified atom stereocenters. The molecule has 1 saturated carbocycles. The molecule has 0 spiro atoms. The van der Waals surface area contributed by atoms with Gasteiger partial charge in [0.1, 0.15) is 11.6 Å². The summed E-state index contributed by atoms with van der Waals surface area (Å²) in [5.74, 6) is 2.12. The standard InChI is InChI=1S/C25H23FN4/c1-15(25-29-23-8-2-16(14-27)12-24(23)30-25)17-3-5-18(6-4-17)20-10-11-28-22-9-7-19(26)13-21(20)22/h2,7-13,15,17-18H,3-6H2,1H3,(H,29,30)/t15-,17-,18+/m1/s1. The second kappa shape index (κ2) is 7.53. The Balaban J connectivity index is 1.34. The van der Waals surface area contributed by atoms with E-state index < -0.39 is 0 Å². The zero-order valence-corrected chi connectivity index (χ0v) is 16.9. The number of pyridine rings is 1. The molecule has 4 aromatic rings. The fourth-order valence-electron chi connectivity index (χ4n) is 4.96. The number of nitriles is 1. The van der Waals surface area contributed by atoms with Crippen LogP contribution in [-0.4, -0.2) is 15.0 Å². The molecule has 30 heavy (non-hydrogen) atoms. The highest BCUT2D eigenvalue weighted by atomic mass is 19.1. The highest BCUT2D eigenvalue weighted by Crippen LogP contribution is 2.42. The van der Waals surface area contributed by atoms with Gasteiger partial charge < -0.3 is 4.98 Å². The molecule has 0 bridgehead atoms. The molecule has 4 nitrogen and oxygen atoms in total. The zero-order valence-electron chi connectivity index (χ0n) is 16.9. The van der Waals surface area contributed by atoms with Gasteiger partial charge in [0.2, 0.25) is 0 Å². The van der Waals surface area contributed by atoms with E-state index in [4.69, 9.17) is 10.2 Å². The number of benzene rings is 2. The highest BCUT2D eigenvalue weighted by Gasteiger charge is 2.29. The molecular weight excluding hydrogens is 375 g/mol. The maximum atomic E-state index is 13.8. The summed E-state index contributed by atoms with van der Waals surface area (Å²) < 4.78 is 13.8. The molecule has 1 aliphatic rings. The van der Waals surface area contributed by atoms with Crippen LogP contribution in [0.25, 0.3) is 21.9 Å². The normalized spacial score (nSPS) is 20.3. The SMILES string of the molecule is C[C@@H](c1nc2cc(C#N)ccc2[nH]1)[C@H]1CC[C@@H](c2ccnc3ccc(F)cc32)CC1. The Labute approximate surface area is 174 Å². The fraction of sp³-hybridized carbons (Fsp3) is 0.320. The van der Waals surface area contributed by atoms with E-state index in [1.54, 1.807) is 12.1 Å². The summed E-state index contributed by atoms with van der Waals surface area (Å²) in [5.41, 5.74) is 4.56. The first-order valence-electron chi connectivity index (χ1n) is 10.6. The van der Waals surface area contributed by atoms with Crippen LogP contribution >= 0.6 is 0 Å². The van der Waals surface area contributed by atoms with Crippen LogP contribution in [0.15, 0.2) is 48.7 Å². The summed E-state index contributed by atoms with van der Waals surface area (Å²) in [6.07, 6.45) is 6.25. The number of nitrogens with zero attached hydrogens (tertiary/aromatic N) is 3. The Morgan fingerprint density at radius 1 is 1.07 bits per heavy atom. The molecule has 0 aliphatic heterocycles. The predicted molar refractivity (Wildman–Crippen MR) is 116 cm³/mol. The highest BCUT2D eigenvalue weighted by molar-refractivity contribution is 5.82. The maximum Gasteiger partial charge on any atom is 0.123 e. The van der Waals surface area contributed by atoms with Crippen LogP contribution in [0, 0.1) is 23.1 Å². The average Bonchev–Trinajstić information content (AvgIpc) is 3.21. The van der Waals surface area contributed by atoms with Crippen molar-refractivity contribution < 1.29 is 4.39 Å². The Kier molecular flexibility index (Phi) is 4.71. The fourth-order valence-corrected chi connectivity index (χ4v) is 4.96. The number of halogens is 1. The molecule has 2 aromatic carbocycles. The third-order valence-corrected chi connectivity index (χ3v) is 6.72. The molecule has 1 fully saturated rings. The van der Waals surface area contributed by atoms with E-state index >= 15 is 0 Å². The summed E-state index contributed by atoms with van der Waals surface area (Å²) in [6.45, 7) is 2.24. The number of nitrogens with one attached hydrogen (secondary N) is 1. The lowest BCUT2D eigenvalue weighted by Gasteiger charge is -2.32. The second-order valence-corrected chi connectivity index (χ2v) is 8.43. The molecule has 2 aromatic heterocycles. The van der Waals surface area contributed by atoms with Gasteiger partial charge in [0.25, 0.3) is 0 Å². The van der Waals surface area contributed by atoms with Crippen molar-refractivity contribution in [2.24, 2.45) is 5.92 Å². The van der Waals surface area contributed by atoms with Gasteiger partial charge in [-0.15, -0.1) is 0 Å². The predicted octanol–water partition coefficient (Wildman–Crippen LogP) is 6.20. The van der Waals surface area contributed by atoms with Crippen LogP contribution in [0.5, 0.6) is 0 Å². The summed E-state index contributed by atoms with van der Waals surface area (Å²) in [5, 5.41) is 10.0. The smallest absolute Gasteiger partial charge is 0.123 e. The van der Waals surface area contributed by atoms with E-state index in [1.165, 1.54) is 11.6 Å². The Hall–Kier alpha value is -3.26. The van der Waals surface area contributed by atoms with Gasteiger partial charge in [-0.05, 0) is 85.5 Å². The van der Waals surface area contributed by atoms with Crippen molar-refractivity contribution in [2.45, 2.75) is 44.4 Å². The van der Waals surface area contributed by atoms with Gasteiger partial charge in [-0.25, -0.2) is 9.37 Å². The van der Waals surface area contributed by atoms with E-state index in [9.17, 15) is 4.39 Å².